The SMILES string of the molecule is CCCCN1C(=O)C(O)(c2ccccc2)c2cc(OC)ccc21. The number of carbonyl (C=O) groups is 1. The largest absolute Gasteiger partial charge is 0.497 e. The highest BCUT2D eigenvalue weighted by Gasteiger charge is 2.50. The maximum Gasteiger partial charge on any atom is 0.268 e. The highest BCUT2D eigenvalue weighted by atomic mass is 16.5. The van der Waals surface area contributed by atoms with Gasteiger partial charge >= 0.3 is 0 Å². The number of hydrogen-bond donors (Lipinski definition) is 1. The fourth-order valence-electron chi connectivity index (χ4n) is 3.08. The van der Waals surface area contributed by atoms with Crippen molar-refractivity contribution in [2.24, 2.45) is 0 Å². The van der Waals surface area contributed by atoms with Crippen LogP contribution in [0.4, 0.5) is 5.69 Å². The zero-order valence-electron chi connectivity index (χ0n) is 13.5. The molecule has 1 heterocycles. The molecule has 0 aliphatic carbocycles. The summed E-state index contributed by atoms with van der Waals surface area (Å²) in [6.45, 7) is 2.68. The summed E-state index contributed by atoms with van der Waals surface area (Å²) < 4.78 is 5.28. The highest BCUT2D eigenvalue weighted by molar-refractivity contribution is 6.09. The van der Waals surface area contributed by atoms with E-state index in [0.29, 0.717) is 23.4 Å². The molecule has 0 bridgehead atoms. The normalized spacial score (nSPS) is 19.8. The van der Waals surface area contributed by atoms with Gasteiger partial charge in [0, 0.05) is 12.1 Å². The van der Waals surface area contributed by atoms with Gasteiger partial charge in [-0.1, -0.05) is 43.7 Å². The molecule has 0 fully saturated rings. The van der Waals surface area contributed by atoms with Crippen LogP contribution in [0.3, 0.4) is 0 Å². The molecular weight excluding hydrogens is 290 g/mol. The molecule has 1 amide bonds. The van der Waals surface area contributed by atoms with Gasteiger partial charge in [0.05, 0.1) is 12.8 Å². The Morgan fingerprint density at radius 2 is 1.91 bits per heavy atom. The summed E-state index contributed by atoms with van der Waals surface area (Å²) in [6, 6.07) is 14.5. The molecule has 0 radical (unpaired) electrons. The number of aliphatic hydroxyl groups is 1. The zero-order valence-corrected chi connectivity index (χ0v) is 13.5. The predicted octanol–water partition coefficient (Wildman–Crippen LogP) is 3.08. The number of amides is 1. The van der Waals surface area contributed by atoms with E-state index < -0.39 is 5.60 Å². The Labute approximate surface area is 136 Å². The average molecular weight is 311 g/mol. The molecule has 2 aromatic rings. The molecule has 2 aromatic carbocycles. The number of anilines is 1. The van der Waals surface area contributed by atoms with Gasteiger partial charge < -0.3 is 14.7 Å². The molecule has 0 spiro atoms. The molecule has 23 heavy (non-hydrogen) atoms. The Morgan fingerprint density at radius 3 is 2.57 bits per heavy atom. The van der Waals surface area contributed by atoms with E-state index >= 15 is 0 Å². The number of ether oxygens (including phenoxy) is 1. The lowest BCUT2D eigenvalue weighted by atomic mass is 9.87. The van der Waals surface area contributed by atoms with Crippen molar-refractivity contribution in [3.05, 3.63) is 59.7 Å². The molecular formula is C19H21NO3. The van der Waals surface area contributed by atoms with Crippen LogP contribution in [0.25, 0.3) is 0 Å². The number of hydrogen-bond acceptors (Lipinski definition) is 3. The van der Waals surface area contributed by atoms with Gasteiger partial charge in [-0.25, -0.2) is 0 Å². The molecule has 1 aliphatic heterocycles. The van der Waals surface area contributed by atoms with E-state index in [1.165, 1.54) is 0 Å². The summed E-state index contributed by atoms with van der Waals surface area (Å²) in [5.74, 6) is 0.337. The quantitative estimate of drug-likeness (QED) is 0.923. The van der Waals surface area contributed by atoms with Crippen LogP contribution in [0.2, 0.25) is 0 Å². The van der Waals surface area contributed by atoms with E-state index in [1.807, 2.05) is 30.3 Å². The molecule has 4 nitrogen and oxygen atoms in total. The number of methoxy groups -OCH3 is 1. The van der Waals surface area contributed by atoms with Crippen molar-refractivity contribution in [3.8, 4) is 5.75 Å². The lowest BCUT2D eigenvalue weighted by Crippen LogP contribution is -2.41. The Balaban J connectivity index is 2.16. The first-order valence-corrected chi connectivity index (χ1v) is 7.91. The molecule has 3 rings (SSSR count). The van der Waals surface area contributed by atoms with Crippen molar-refractivity contribution in [3.63, 3.8) is 0 Å². The first-order chi connectivity index (χ1) is 11.1. The standard InChI is InChI=1S/C19H21NO3/c1-3-4-12-20-17-11-10-15(23-2)13-16(17)19(22,18(20)21)14-8-6-5-7-9-14/h5-11,13,22H,3-4,12H2,1-2H3. The van der Waals surface area contributed by atoms with Gasteiger partial charge in [-0.3, -0.25) is 4.79 Å². The third-order valence-corrected chi connectivity index (χ3v) is 4.37. The van der Waals surface area contributed by atoms with Crippen molar-refractivity contribution < 1.29 is 14.6 Å². The van der Waals surface area contributed by atoms with E-state index in [4.69, 9.17) is 4.74 Å². The van der Waals surface area contributed by atoms with Crippen LogP contribution in [0, 0.1) is 0 Å². The second-order valence-corrected chi connectivity index (χ2v) is 5.77. The zero-order chi connectivity index (χ0) is 16.4. The minimum Gasteiger partial charge on any atom is -0.497 e. The summed E-state index contributed by atoms with van der Waals surface area (Å²) >= 11 is 0. The van der Waals surface area contributed by atoms with E-state index in [-0.39, 0.29) is 5.91 Å². The van der Waals surface area contributed by atoms with Crippen LogP contribution in [0.5, 0.6) is 5.75 Å². The van der Waals surface area contributed by atoms with Crippen LogP contribution in [-0.2, 0) is 10.4 Å². The van der Waals surface area contributed by atoms with Crippen molar-refractivity contribution >= 4 is 11.6 Å². The third kappa shape index (κ3) is 2.39. The van der Waals surface area contributed by atoms with Gasteiger partial charge in [-0.2, -0.15) is 0 Å². The monoisotopic (exact) mass is 311 g/mol. The van der Waals surface area contributed by atoms with Gasteiger partial charge in [0.25, 0.3) is 5.91 Å². The van der Waals surface area contributed by atoms with Crippen molar-refractivity contribution in [2.45, 2.75) is 25.4 Å². The highest BCUT2D eigenvalue weighted by Crippen LogP contribution is 2.45. The summed E-state index contributed by atoms with van der Waals surface area (Å²) in [7, 11) is 1.58. The van der Waals surface area contributed by atoms with Gasteiger partial charge in [0.2, 0.25) is 0 Å². The number of unbranched alkanes of at least 4 members (excludes halogenated alkanes) is 1. The van der Waals surface area contributed by atoms with Crippen LogP contribution < -0.4 is 9.64 Å². The summed E-state index contributed by atoms with van der Waals surface area (Å²) in [6.07, 6.45) is 1.88. The lowest BCUT2D eigenvalue weighted by Gasteiger charge is -2.23. The number of fused-ring (bicyclic) bond motifs is 1. The van der Waals surface area contributed by atoms with Crippen molar-refractivity contribution in [2.75, 3.05) is 18.6 Å². The topological polar surface area (TPSA) is 49.8 Å². The number of rotatable bonds is 5. The smallest absolute Gasteiger partial charge is 0.268 e. The predicted molar refractivity (Wildman–Crippen MR) is 89.7 cm³/mol. The molecule has 1 atom stereocenters. The Morgan fingerprint density at radius 1 is 1.17 bits per heavy atom. The summed E-state index contributed by atoms with van der Waals surface area (Å²) in [5.41, 5.74) is 0.275. The van der Waals surface area contributed by atoms with Crippen molar-refractivity contribution in [1.29, 1.82) is 0 Å². The second kappa shape index (κ2) is 6.05. The van der Waals surface area contributed by atoms with Crippen LogP contribution in [0.15, 0.2) is 48.5 Å². The number of benzene rings is 2. The Bertz CT molecular complexity index is 714. The fourth-order valence-corrected chi connectivity index (χ4v) is 3.08. The average Bonchev–Trinajstić information content (AvgIpc) is 2.82. The first kappa shape index (κ1) is 15.6. The maximum absolute atomic E-state index is 13.0. The second-order valence-electron chi connectivity index (χ2n) is 5.77. The van der Waals surface area contributed by atoms with Gasteiger partial charge in [-0.05, 0) is 30.2 Å². The molecule has 0 saturated heterocycles. The van der Waals surface area contributed by atoms with Crippen LogP contribution >= 0.6 is 0 Å². The van der Waals surface area contributed by atoms with Gasteiger partial charge in [0.1, 0.15) is 5.75 Å². The third-order valence-electron chi connectivity index (χ3n) is 4.37. The lowest BCUT2D eigenvalue weighted by molar-refractivity contribution is -0.132. The van der Waals surface area contributed by atoms with E-state index in [9.17, 15) is 9.90 Å². The van der Waals surface area contributed by atoms with E-state index in [2.05, 4.69) is 6.92 Å². The minimum atomic E-state index is -1.65. The van der Waals surface area contributed by atoms with E-state index in [0.717, 1.165) is 18.5 Å². The van der Waals surface area contributed by atoms with Crippen molar-refractivity contribution in [1.82, 2.24) is 0 Å². The number of nitrogens with zero attached hydrogens (tertiary/aromatic N) is 1. The maximum atomic E-state index is 13.0. The molecule has 0 saturated carbocycles. The fraction of sp³-hybridized carbons (Fsp3) is 0.316. The molecule has 0 aromatic heterocycles. The van der Waals surface area contributed by atoms with Crippen LogP contribution in [-0.4, -0.2) is 24.7 Å². The van der Waals surface area contributed by atoms with Gasteiger partial charge in [0.15, 0.2) is 5.60 Å². The minimum absolute atomic E-state index is 0.291. The summed E-state index contributed by atoms with van der Waals surface area (Å²) in [4.78, 5) is 14.7. The Hall–Kier alpha value is -2.33. The Kier molecular flexibility index (Phi) is 4.09. The molecule has 1 aliphatic rings. The molecule has 4 heteroatoms. The van der Waals surface area contributed by atoms with E-state index in [1.54, 1.807) is 30.2 Å². The van der Waals surface area contributed by atoms with Gasteiger partial charge in [-0.15, -0.1) is 0 Å². The summed E-state index contributed by atoms with van der Waals surface area (Å²) in [5, 5.41) is 11.3. The molecule has 1 N–H and O–H groups in total. The van der Waals surface area contributed by atoms with Crippen LogP contribution in [0.1, 0.15) is 30.9 Å². The molecule has 1 unspecified atom stereocenters. The molecule has 120 valence electrons. The number of carbonyl (C=O) groups excluding carboxylic acids is 1. The first-order valence-electron chi connectivity index (χ1n) is 7.91.